The first-order valence-electron chi connectivity index (χ1n) is 14.3. The molecule has 2 nitrogen and oxygen atoms in total. The van der Waals surface area contributed by atoms with Gasteiger partial charge in [0.05, 0.1) is 9.79 Å². The van der Waals surface area contributed by atoms with Gasteiger partial charge in [0.15, 0.2) is 0 Å². The van der Waals surface area contributed by atoms with Crippen molar-refractivity contribution in [3.8, 4) is 55.6 Å². The highest BCUT2D eigenvalue weighted by Gasteiger charge is 2.36. The molecule has 0 radical (unpaired) electrons. The number of benzene rings is 6. The normalized spacial score (nSPS) is 15.0. The highest BCUT2D eigenvalue weighted by molar-refractivity contribution is 7.92. The molecule has 0 N–H and O–H groups in total. The molecular weight excluding hydrogens is 532 g/mol. The maximum absolute atomic E-state index is 13.6. The molecule has 0 spiro atoms. The molecule has 0 fully saturated rings. The lowest BCUT2D eigenvalue weighted by molar-refractivity contribution is 0.599. The highest BCUT2D eigenvalue weighted by atomic mass is 32.2. The summed E-state index contributed by atoms with van der Waals surface area (Å²) in [6.45, 7) is 4.62. The van der Waals surface area contributed by atoms with Crippen molar-refractivity contribution < 1.29 is 8.42 Å². The summed E-state index contributed by atoms with van der Waals surface area (Å²) < 4.78 is 27.2. The van der Waals surface area contributed by atoms with E-state index in [1.165, 1.54) is 27.8 Å². The Bertz CT molecular complexity index is 2190. The monoisotopic (exact) mass is 560 g/mol. The maximum Gasteiger partial charge on any atom is 0.208 e. The molecule has 0 bridgehead atoms. The van der Waals surface area contributed by atoms with Gasteiger partial charge in [0.2, 0.25) is 9.84 Å². The fourth-order valence-electron chi connectivity index (χ4n) is 6.93. The summed E-state index contributed by atoms with van der Waals surface area (Å²) in [4.78, 5) is 0.788. The topological polar surface area (TPSA) is 34.1 Å². The van der Waals surface area contributed by atoms with Crippen LogP contribution < -0.4 is 0 Å². The van der Waals surface area contributed by atoms with Crippen LogP contribution in [0.3, 0.4) is 0 Å². The van der Waals surface area contributed by atoms with Crippen molar-refractivity contribution in [3.63, 3.8) is 0 Å². The van der Waals surface area contributed by atoms with Crippen LogP contribution in [-0.2, 0) is 15.3 Å². The minimum Gasteiger partial charge on any atom is -0.218 e. The van der Waals surface area contributed by atoms with Crippen LogP contribution in [0, 0.1) is 0 Å². The van der Waals surface area contributed by atoms with E-state index in [0.29, 0.717) is 9.79 Å². The zero-order valence-corrected chi connectivity index (χ0v) is 24.2. The Balaban J connectivity index is 1.20. The molecule has 1 heterocycles. The standard InChI is InChI=1S/C39H28O2S/c1-39(2)35-18-5-3-14-31(35)32-21-20-28(24-36(32)39)26-11-7-10-25(22-26)27-12-8-13-29(23-27)30-16-9-17-34-33-15-4-6-19-37(33)42(40,41)38(30)34/h3-24H,1-2H3. The molecule has 0 saturated carbocycles. The molecule has 6 aromatic rings. The van der Waals surface area contributed by atoms with Crippen molar-refractivity contribution in [2.75, 3.05) is 0 Å². The third kappa shape index (κ3) is 3.53. The molecule has 0 atom stereocenters. The van der Waals surface area contributed by atoms with Crippen LogP contribution in [0.4, 0.5) is 0 Å². The number of hydrogen-bond donors (Lipinski definition) is 0. The molecule has 0 saturated heterocycles. The first-order chi connectivity index (χ1) is 20.3. The maximum atomic E-state index is 13.6. The van der Waals surface area contributed by atoms with E-state index in [0.717, 1.165) is 38.9 Å². The molecule has 0 aromatic heterocycles. The Labute approximate surface area is 246 Å². The van der Waals surface area contributed by atoms with Crippen molar-refractivity contribution in [2.24, 2.45) is 0 Å². The van der Waals surface area contributed by atoms with Crippen LogP contribution in [0.1, 0.15) is 25.0 Å². The van der Waals surface area contributed by atoms with Gasteiger partial charge in [0.25, 0.3) is 0 Å². The quantitative estimate of drug-likeness (QED) is 0.216. The van der Waals surface area contributed by atoms with E-state index in [4.69, 9.17) is 0 Å². The lowest BCUT2D eigenvalue weighted by Crippen LogP contribution is -2.14. The first-order valence-corrected chi connectivity index (χ1v) is 15.8. The second-order valence-electron chi connectivity index (χ2n) is 11.8. The highest BCUT2D eigenvalue weighted by Crippen LogP contribution is 2.50. The molecule has 3 heteroatoms. The van der Waals surface area contributed by atoms with Crippen LogP contribution in [0.25, 0.3) is 55.6 Å². The fraction of sp³-hybridized carbons (Fsp3) is 0.0769. The van der Waals surface area contributed by atoms with E-state index >= 15 is 0 Å². The van der Waals surface area contributed by atoms with Gasteiger partial charge >= 0.3 is 0 Å². The second-order valence-corrected chi connectivity index (χ2v) is 13.6. The summed E-state index contributed by atoms with van der Waals surface area (Å²) in [7, 11) is -3.60. The molecule has 202 valence electrons. The van der Waals surface area contributed by atoms with Gasteiger partial charge in [-0.15, -0.1) is 0 Å². The summed E-state index contributed by atoms with van der Waals surface area (Å²) in [6.07, 6.45) is 0. The Morgan fingerprint density at radius 3 is 1.71 bits per heavy atom. The Kier molecular flexibility index (Phi) is 5.29. The van der Waals surface area contributed by atoms with Gasteiger partial charge in [-0.3, -0.25) is 0 Å². The summed E-state index contributed by atoms with van der Waals surface area (Å²) >= 11 is 0. The van der Waals surface area contributed by atoms with Crippen LogP contribution in [0.15, 0.2) is 143 Å². The molecule has 2 aliphatic rings. The molecular formula is C39H28O2S. The molecule has 8 rings (SSSR count). The van der Waals surface area contributed by atoms with Gasteiger partial charge in [-0.05, 0) is 74.3 Å². The molecule has 1 aliphatic heterocycles. The predicted octanol–water partition coefficient (Wildman–Crippen LogP) is 9.81. The number of rotatable bonds is 3. The van der Waals surface area contributed by atoms with Gasteiger partial charge in [0, 0.05) is 22.1 Å². The molecule has 42 heavy (non-hydrogen) atoms. The number of fused-ring (bicyclic) bond motifs is 6. The van der Waals surface area contributed by atoms with E-state index in [1.807, 2.05) is 42.5 Å². The predicted molar refractivity (Wildman–Crippen MR) is 171 cm³/mol. The van der Waals surface area contributed by atoms with E-state index in [1.54, 1.807) is 12.1 Å². The zero-order chi connectivity index (χ0) is 28.6. The van der Waals surface area contributed by atoms with Gasteiger partial charge in [-0.1, -0.05) is 123 Å². The number of hydrogen-bond acceptors (Lipinski definition) is 2. The summed E-state index contributed by atoms with van der Waals surface area (Å²) in [6, 6.07) is 45.4. The van der Waals surface area contributed by atoms with Crippen molar-refractivity contribution in [1.29, 1.82) is 0 Å². The van der Waals surface area contributed by atoms with Crippen LogP contribution in [0.2, 0.25) is 0 Å². The smallest absolute Gasteiger partial charge is 0.208 e. The molecule has 0 amide bonds. The molecule has 6 aromatic carbocycles. The SMILES string of the molecule is CC1(C)c2ccccc2-c2ccc(-c3cccc(-c4cccc(-c5cccc6c5S(=O)(=O)c5ccccc5-6)c4)c3)cc21. The van der Waals surface area contributed by atoms with Gasteiger partial charge in [-0.2, -0.15) is 0 Å². The van der Waals surface area contributed by atoms with Gasteiger partial charge in [-0.25, -0.2) is 8.42 Å². The van der Waals surface area contributed by atoms with Crippen molar-refractivity contribution in [1.82, 2.24) is 0 Å². The Morgan fingerprint density at radius 2 is 0.952 bits per heavy atom. The lowest BCUT2D eigenvalue weighted by atomic mass is 9.81. The molecule has 0 unspecified atom stereocenters. The van der Waals surface area contributed by atoms with E-state index in [-0.39, 0.29) is 5.41 Å². The van der Waals surface area contributed by atoms with E-state index in [9.17, 15) is 8.42 Å². The lowest BCUT2D eigenvalue weighted by Gasteiger charge is -2.22. The van der Waals surface area contributed by atoms with Gasteiger partial charge in [0.1, 0.15) is 0 Å². The van der Waals surface area contributed by atoms with E-state index < -0.39 is 9.84 Å². The fourth-order valence-corrected chi connectivity index (χ4v) is 8.82. The van der Waals surface area contributed by atoms with Gasteiger partial charge < -0.3 is 0 Å². The van der Waals surface area contributed by atoms with Crippen LogP contribution in [0.5, 0.6) is 0 Å². The zero-order valence-electron chi connectivity index (χ0n) is 23.4. The second kappa shape index (κ2) is 8.88. The average molecular weight is 561 g/mol. The minimum atomic E-state index is -3.60. The van der Waals surface area contributed by atoms with Crippen LogP contribution >= 0.6 is 0 Å². The largest absolute Gasteiger partial charge is 0.218 e. The Morgan fingerprint density at radius 1 is 0.429 bits per heavy atom. The summed E-state index contributed by atoms with van der Waals surface area (Å²) in [5.41, 5.74) is 13.0. The third-order valence-electron chi connectivity index (χ3n) is 9.04. The average Bonchev–Trinajstić information content (AvgIpc) is 3.41. The summed E-state index contributed by atoms with van der Waals surface area (Å²) in [5.74, 6) is 0. The van der Waals surface area contributed by atoms with Crippen molar-refractivity contribution >= 4 is 9.84 Å². The summed E-state index contributed by atoms with van der Waals surface area (Å²) in [5, 5.41) is 0. The molecule has 1 aliphatic carbocycles. The first kappa shape index (κ1) is 25.0. The van der Waals surface area contributed by atoms with Crippen molar-refractivity contribution in [3.05, 3.63) is 145 Å². The minimum absolute atomic E-state index is 0.0518. The van der Waals surface area contributed by atoms with Crippen molar-refractivity contribution in [2.45, 2.75) is 29.1 Å². The van der Waals surface area contributed by atoms with E-state index in [2.05, 4.69) is 92.7 Å². The third-order valence-corrected chi connectivity index (χ3v) is 10.9. The van der Waals surface area contributed by atoms with Crippen LogP contribution in [-0.4, -0.2) is 8.42 Å². The number of sulfone groups is 1. The Hall–Kier alpha value is -4.73.